The number of esters is 1. The molecule has 0 aliphatic rings. The number of hydrogen-bond donors (Lipinski definition) is 1. The van der Waals surface area contributed by atoms with Crippen molar-refractivity contribution in [1.29, 1.82) is 0 Å². The smallest absolute Gasteiger partial charge is 0.307 e. The van der Waals surface area contributed by atoms with E-state index in [1.165, 1.54) is 5.56 Å². The van der Waals surface area contributed by atoms with Crippen molar-refractivity contribution in [3.8, 4) is 11.1 Å². The Hall–Kier alpha value is -2.13. The van der Waals surface area contributed by atoms with Gasteiger partial charge in [-0.25, -0.2) is 0 Å². The van der Waals surface area contributed by atoms with E-state index in [-0.39, 0.29) is 18.4 Å². The molecule has 1 atom stereocenters. The highest BCUT2D eigenvalue weighted by Gasteiger charge is 2.13. The van der Waals surface area contributed by atoms with E-state index in [0.29, 0.717) is 6.61 Å². The van der Waals surface area contributed by atoms with E-state index in [9.17, 15) is 4.79 Å². The molecular formula is C18H21NO2. The minimum absolute atomic E-state index is 0.200. The Kier molecular flexibility index (Phi) is 5.12. The molecule has 2 rings (SSSR count). The molecule has 0 aliphatic carbocycles. The van der Waals surface area contributed by atoms with Gasteiger partial charge in [-0.2, -0.15) is 0 Å². The molecule has 0 radical (unpaired) electrons. The van der Waals surface area contributed by atoms with Crippen LogP contribution in [0.15, 0.2) is 48.5 Å². The quantitative estimate of drug-likeness (QED) is 0.853. The fraction of sp³-hybridized carbons (Fsp3) is 0.278. The van der Waals surface area contributed by atoms with Crippen molar-refractivity contribution >= 4 is 5.97 Å². The lowest BCUT2D eigenvalue weighted by molar-refractivity contribution is -0.143. The van der Waals surface area contributed by atoms with Gasteiger partial charge in [0.2, 0.25) is 0 Å². The Morgan fingerprint density at radius 3 is 2.52 bits per heavy atom. The topological polar surface area (TPSA) is 52.3 Å². The van der Waals surface area contributed by atoms with Gasteiger partial charge in [-0.1, -0.05) is 48.0 Å². The summed E-state index contributed by atoms with van der Waals surface area (Å²) in [6.07, 6.45) is 0.200. The van der Waals surface area contributed by atoms with Crippen LogP contribution in [0.5, 0.6) is 0 Å². The van der Waals surface area contributed by atoms with Crippen molar-refractivity contribution in [1.82, 2.24) is 0 Å². The van der Waals surface area contributed by atoms with Crippen molar-refractivity contribution in [3.63, 3.8) is 0 Å². The second kappa shape index (κ2) is 7.04. The Bertz CT molecular complexity index is 605. The van der Waals surface area contributed by atoms with Gasteiger partial charge in [0.15, 0.2) is 0 Å². The summed E-state index contributed by atoms with van der Waals surface area (Å²) in [5.74, 6) is -0.259. The second-order valence-electron chi connectivity index (χ2n) is 5.11. The first-order chi connectivity index (χ1) is 10.1. The highest BCUT2D eigenvalue weighted by molar-refractivity contribution is 5.71. The van der Waals surface area contributed by atoms with Crippen molar-refractivity contribution in [2.45, 2.75) is 26.3 Å². The third-order valence-electron chi connectivity index (χ3n) is 3.39. The largest absolute Gasteiger partial charge is 0.466 e. The van der Waals surface area contributed by atoms with Crippen molar-refractivity contribution in [3.05, 3.63) is 59.7 Å². The van der Waals surface area contributed by atoms with Gasteiger partial charge in [0.05, 0.1) is 13.0 Å². The number of ether oxygens (including phenoxy) is 1. The number of rotatable bonds is 5. The zero-order chi connectivity index (χ0) is 15.2. The van der Waals surface area contributed by atoms with E-state index in [1.807, 2.05) is 24.3 Å². The van der Waals surface area contributed by atoms with Crippen LogP contribution < -0.4 is 5.73 Å². The molecule has 0 saturated carbocycles. The van der Waals surface area contributed by atoms with Crippen LogP contribution in [0.3, 0.4) is 0 Å². The molecule has 0 bridgehead atoms. The molecule has 0 aromatic heterocycles. The summed E-state index contributed by atoms with van der Waals surface area (Å²) in [6.45, 7) is 4.24. The van der Waals surface area contributed by atoms with Crippen LogP contribution in [0.1, 0.15) is 30.5 Å². The molecule has 21 heavy (non-hydrogen) atoms. The molecule has 2 aromatic carbocycles. The molecule has 0 fully saturated rings. The zero-order valence-corrected chi connectivity index (χ0v) is 12.5. The molecule has 2 N–H and O–H groups in total. The van der Waals surface area contributed by atoms with Gasteiger partial charge in [-0.15, -0.1) is 0 Å². The van der Waals surface area contributed by atoms with Crippen LogP contribution in [-0.2, 0) is 9.53 Å². The van der Waals surface area contributed by atoms with Crippen LogP contribution in [-0.4, -0.2) is 12.6 Å². The fourth-order valence-corrected chi connectivity index (χ4v) is 2.21. The number of benzene rings is 2. The molecule has 110 valence electrons. The van der Waals surface area contributed by atoms with Gasteiger partial charge >= 0.3 is 5.97 Å². The first-order valence-corrected chi connectivity index (χ1v) is 7.18. The average molecular weight is 283 g/mol. The highest BCUT2D eigenvalue weighted by atomic mass is 16.5. The van der Waals surface area contributed by atoms with Crippen molar-refractivity contribution in [2.24, 2.45) is 5.73 Å². The monoisotopic (exact) mass is 283 g/mol. The summed E-state index contributed by atoms with van der Waals surface area (Å²) < 4.78 is 4.94. The fourth-order valence-electron chi connectivity index (χ4n) is 2.21. The molecule has 0 amide bonds. The zero-order valence-electron chi connectivity index (χ0n) is 12.5. The second-order valence-corrected chi connectivity index (χ2v) is 5.11. The third kappa shape index (κ3) is 4.17. The lowest BCUT2D eigenvalue weighted by Crippen LogP contribution is -2.17. The Balaban J connectivity index is 2.17. The maximum atomic E-state index is 11.5. The molecule has 2 aromatic rings. The predicted molar refractivity (Wildman–Crippen MR) is 84.8 cm³/mol. The van der Waals surface area contributed by atoms with E-state index in [0.717, 1.165) is 16.7 Å². The normalized spacial score (nSPS) is 12.0. The summed E-state index contributed by atoms with van der Waals surface area (Å²) in [5, 5.41) is 0. The Morgan fingerprint density at radius 2 is 1.86 bits per heavy atom. The van der Waals surface area contributed by atoms with Gasteiger partial charge < -0.3 is 10.5 Å². The Morgan fingerprint density at radius 1 is 1.14 bits per heavy atom. The van der Waals surface area contributed by atoms with E-state index < -0.39 is 0 Å². The van der Waals surface area contributed by atoms with Gasteiger partial charge in [-0.05, 0) is 36.6 Å². The molecular weight excluding hydrogens is 262 g/mol. The van der Waals surface area contributed by atoms with E-state index in [1.54, 1.807) is 6.92 Å². The lowest BCUT2D eigenvalue weighted by atomic mass is 9.98. The minimum Gasteiger partial charge on any atom is -0.466 e. The van der Waals surface area contributed by atoms with Crippen LogP contribution in [0.25, 0.3) is 11.1 Å². The maximum absolute atomic E-state index is 11.5. The summed E-state index contributed by atoms with van der Waals surface area (Å²) in [7, 11) is 0. The number of carbonyl (C=O) groups is 1. The van der Waals surface area contributed by atoms with E-state index in [2.05, 4.69) is 31.2 Å². The predicted octanol–water partition coefficient (Wildman–Crippen LogP) is 3.62. The minimum atomic E-state index is -0.338. The van der Waals surface area contributed by atoms with Gasteiger partial charge in [0.25, 0.3) is 0 Å². The average Bonchev–Trinajstić information content (AvgIpc) is 2.48. The van der Waals surface area contributed by atoms with Gasteiger partial charge in [-0.3, -0.25) is 4.79 Å². The van der Waals surface area contributed by atoms with Crippen LogP contribution in [0, 0.1) is 6.92 Å². The summed E-state index contributed by atoms with van der Waals surface area (Å²) >= 11 is 0. The standard InChI is InChI=1S/C18H21NO2/c1-3-21-18(20)12-17(19)16-6-4-5-15(11-16)14-9-7-13(2)8-10-14/h4-11,17H,3,12,19H2,1-2H3/t17-/m0/s1. The van der Waals surface area contributed by atoms with Crippen LogP contribution in [0.2, 0.25) is 0 Å². The van der Waals surface area contributed by atoms with Gasteiger partial charge in [0, 0.05) is 6.04 Å². The molecule has 0 saturated heterocycles. The number of hydrogen-bond acceptors (Lipinski definition) is 3. The highest BCUT2D eigenvalue weighted by Crippen LogP contribution is 2.24. The number of aryl methyl sites for hydroxylation is 1. The molecule has 0 aliphatic heterocycles. The summed E-state index contributed by atoms with van der Waals surface area (Å²) in [4.78, 5) is 11.5. The molecule has 0 heterocycles. The Labute approximate surface area is 125 Å². The van der Waals surface area contributed by atoms with Crippen LogP contribution in [0.4, 0.5) is 0 Å². The maximum Gasteiger partial charge on any atom is 0.307 e. The molecule has 0 spiro atoms. The van der Waals surface area contributed by atoms with Crippen LogP contribution >= 0.6 is 0 Å². The summed E-state index contributed by atoms with van der Waals surface area (Å²) in [6, 6.07) is 16.0. The molecule has 3 heteroatoms. The molecule has 3 nitrogen and oxygen atoms in total. The molecule has 0 unspecified atom stereocenters. The first kappa shape index (κ1) is 15.3. The van der Waals surface area contributed by atoms with Crippen molar-refractivity contribution in [2.75, 3.05) is 6.61 Å². The van der Waals surface area contributed by atoms with Gasteiger partial charge in [0.1, 0.15) is 0 Å². The van der Waals surface area contributed by atoms with E-state index in [4.69, 9.17) is 10.5 Å². The SMILES string of the molecule is CCOC(=O)C[C@H](N)c1cccc(-c2ccc(C)cc2)c1. The first-order valence-electron chi connectivity index (χ1n) is 7.18. The number of carbonyl (C=O) groups excluding carboxylic acids is 1. The van der Waals surface area contributed by atoms with Crippen molar-refractivity contribution < 1.29 is 9.53 Å². The van der Waals surface area contributed by atoms with E-state index >= 15 is 0 Å². The number of nitrogens with two attached hydrogens (primary N) is 1. The summed E-state index contributed by atoms with van der Waals surface area (Å²) in [5.41, 5.74) is 10.5. The lowest BCUT2D eigenvalue weighted by Gasteiger charge is -2.13. The third-order valence-corrected chi connectivity index (χ3v) is 3.39.